The second kappa shape index (κ2) is 7.60. The number of carbonyl (C=O) groups is 1. The first-order chi connectivity index (χ1) is 14.3. The summed E-state index contributed by atoms with van der Waals surface area (Å²) in [6.07, 6.45) is 1.60. The number of hydrogen-bond acceptors (Lipinski definition) is 6. The molecule has 1 aromatic carbocycles. The van der Waals surface area contributed by atoms with Gasteiger partial charge in [0.2, 0.25) is 5.88 Å². The van der Waals surface area contributed by atoms with E-state index < -0.39 is 0 Å². The average molecular weight is 428 g/mol. The highest BCUT2D eigenvalue weighted by molar-refractivity contribution is 6.31. The fraction of sp³-hybridized carbons (Fsp3) is 0.333. The molecule has 0 aliphatic carbocycles. The maximum atomic E-state index is 13.3. The van der Waals surface area contributed by atoms with Gasteiger partial charge in [-0.05, 0) is 38.5 Å². The molecule has 0 N–H and O–H groups in total. The van der Waals surface area contributed by atoms with Crippen LogP contribution in [0.2, 0.25) is 5.02 Å². The molecule has 8 nitrogen and oxygen atoms in total. The third-order valence-corrected chi connectivity index (χ3v) is 5.33. The lowest BCUT2D eigenvalue weighted by Crippen LogP contribution is -2.25. The predicted molar refractivity (Wildman–Crippen MR) is 113 cm³/mol. The lowest BCUT2D eigenvalue weighted by Gasteiger charge is -2.21. The molecule has 4 rings (SSSR count). The van der Waals surface area contributed by atoms with Gasteiger partial charge in [-0.25, -0.2) is 9.97 Å². The Balaban J connectivity index is 1.83. The molecule has 0 spiro atoms. The van der Waals surface area contributed by atoms with Gasteiger partial charge in [-0.2, -0.15) is 4.98 Å². The van der Waals surface area contributed by atoms with Crippen LogP contribution in [0.3, 0.4) is 0 Å². The molecule has 3 heterocycles. The van der Waals surface area contributed by atoms with Gasteiger partial charge in [0.15, 0.2) is 5.69 Å². The summed E-state index contributed by atoms with van der Waals surface area (Å²) in [4.78, 5) is 28.1. The van der Waals surface area contributed by atoms with Crippen molar-refractivity contribution in [3.63, 3.8) is 0 Å². The maximum absolute atomic E-state index is 13.3. The van der Waals surface area contributed by atoms with E-state index in [-0.39, 0.29) is 18.0 Å². The molecule has 0 saturated heterocycles. The van der Waals surface area contributed by atoms with E-state index in [9.17, 15) is 4.79 Å². The van der Waals surface area contributed by atoms with Crippen LogP contribution in [-0.2, 0) is 6.54 Å². The van der Waals surface area contributed by atoms with Gasteiger partial charge >= 0.3 is 6.01 Å². The Morgan fingerprint density at radius 3 is 2.60 bits per heavy atom. The summed E-state index contributed by atoms with van der Waals surface area (Å²) in [6.45, 7) is 6.44. The molecule has 0 saturated carbocycles. The molecule has 0 fully saturated rings. The number of amides is 1. The Bertz CT molecular complexity index is 1140. The quantitative estimate of drug-likeness (QED) is 0.610. The van der Waals surface area contributed by atoms with Crippen LogP contribution in [0.25, 0.3) is 11.4 Å². The van der Waals surface area contributed by atoms with Gasteiger partial charge in [-0.15, -0.1) is 0 Å². The SMILES string of the molecule is COc1ncc(-c2nc3c(n2C(C)C)CN(c2cc(Cl)ccc2C)C3=O)c(OC)n1. The first-order valence-electron chi connectivity index (χ1n) is 9.50. The topological polar surface area (TPSA) is 82.4 Å². The van der Waals surface area contributed by atoms with Gasteiger partial charge in [0.05, 0.1) is 32.0 Å². The molecule has 0 atom stereocenters. The van der Waals surface area contributed by atoms with Gasteiger partial charge in [0.25, 0.3) is 5.91 Å². The van der Waals surface area contributed by atoms with E-state index in [4.69, 9.17) is 26.1 Å². The minimum Gasteiger partial charge on any atom is -0.480 e. The number of carbonyl (C=O) groups excluding carboxylic acids is 1. The molecular formula is C21H22ClN5O3. The lowest BCUT2D eigenvalue weighted by molar-refractivity contribution is 0.0992. The van der Waals surface area contributed by atoms with Crippen LogP contribution in [0.1, 0.15) is 41.6 Å². The first kappa shape index (κ1) is 20.2. The molecule has 1 aliphatic rings. The van der Waals surface area contributed by atoms with Crippen LogP contribution in [-0.4, -0.2) is 39.6 Å². The molecular weight excluding hydrogens is 406 g/mol. The molecule has 156 valence electrons. The van der Waals surface area contributed by atoms with Crippen molar-refractivity contribution in [3.8, 4) is 23.3 Å². The molecule has 2 aromatic heterocycles. The number of aryl methyl sites for hydroxylation is 1. The number of benzene rings is 1. The third-order valence-electron chi connectivity index (χ3n) is 5.09. The highest BCUT2D eigenvalue weighted by Gasteiger charge is 2.37. The second-order valence-corrected chi connectivity index (χ2v) is 7.73. The molecule has 1 aliphatic heterocycles. The zero-order valence-corrected chi connectivity index (χ0v) is 18.2. The minimum absolute atomic E-state index is 0.0521. The Kier molecular flexibility index (Phi) is 5.11. The standard InChI is InChI=1S/C21H22ClN5O3/c1-11(2)27-16-10-26(15-8-13(22)7-6-12(15)3)20(28)17(16)24-18(27)14-9-23-21(30-5)25-19(14)29-4/h6-9,11H,10H2,1-5H3. The predicted octanol–water partition coefficient (Wildman–Crippen LogP) is 4.06. The zero-order chi connectivity index (χ0) is 21.6. The number of nitrogens with zero attached hydrogens (tertiary/aromatic N) is 5. The van der Waals surface area contributed by atoms with Crippen LogP contribution in [0.4, 0.5) is 5.69 Å². The van der Waals surface area contributed by atoms with Crippen molar-refractivity contribution in [2.75, 3.05) is 19.1 Å². The number of imidazole rings is 1. The number of methoxy groups -OCH3 is 2. The fourth-order valence-corrected chi connectivity index (χ4v) is 3.88. The van der Waals surface area contributed by atoms with Gasteiger partial charge in [-0.3, -0.25) is 4.79 Å². The molecule has 0 radical (unpaired) electrons. The fourth-order valence-electron chi connectivity index (χ4n) is 3.71. The normalized spacial score (nSPS) is 13.2. The van der Waals surface area contributed by atoms with Crippen molar-refractivity contribution in [2.45, 2.75) is 33.4 Å². The Hall–Kier alpha value is -3.13. The van der Waals surface area contributed by atoms with Gasteiger partial charge < -0.3 is 18.9 Å². The van der Waals surface area contributed by atoms with E-state index in [1.807, 2.05) is 43.5 Å². The minimum atomic E-state index is -0.163. The second-order valence-electron chi connectivity index (χ2n) is 7.30. The summed E-state index contributed by atoms with van der Waals surface area (Å²) < 4.78 is 12.5. The zero-order valence-electron chi connectivity index (χ0n) is 17.4. The van der Waals surface area contributed by atoms with E-state index in [2.05, 4.69) is 9.97 Å². The maximum Gasteiger partial charge on any atom is 0.319 e. The molecule has 3 aromatic rings. The smallest absolute Gasteiger partial charge is 0.319 e. The number of ether oxygens (including phenoxy) is 2. The number of halogens is 1. The van der Waals surface area contributed by atoms with E-state index >= 15 is 0 Å². The van der Waals surface area contributed by atoms with E-state index in [1.165, 1.54) is 14.2 Å². The van der Waals surface area contributed by atoms with Gasteiger partial charge in [0, 0.05) is 22.9 Å². The van der Waals surface area contributed by atoms with E-state index in [0.717, 1.165) is 16.9 Å². The molecule has 1 amide bonds. The van der Waals surface area contributed by atoms with Gasteiger partial charge in [0.1, 0.15) is 5.82 Å². The summed E-state index contributed by atoms with van der Waals surface area (Å²) >= 11 is 6.18. The summed E-state index contributed by atoms with van der Waals surface area (Å²) in [5.41, 5.74) is 3.60. The molecule has 0 bridgehead atoms. The lowest BCUT2D eigenvalue weighted by atomic mass is 10.2. The number of hydrogen-bond donors (Lipinski definition) is 0. The highest BCUT2D eigenvalue weighted by Crippen LogP contribution is 2.38. The van der Waals surface area contributed by atoms with Crippen molar-refractivity contribution in [3.05, 3.63) is 46.4 Å². The van der Waals surface area contributed by atoms with Crippen LogP contribution >= 0.6 is 11.6 Å². The van der Waals surface area contributed by atoms with Crippen molar-refractivity contribution >= 4 is 23.2 Å². The first-order valence-corrected chi connectivity index (χ1v) is 9.88. The summed E-state index contributed by atoms with van der Waals surface area (Å²) in [5.74, 6) is 0.761. The van der Waals surface area contributed by atoms with Crippen molar-refractivity contribution < 1.29 is 14.3 Å². The van der Waals surface area contributed by atoms with Crippen LogP contribution in [0.5, 0.6) is 11.9 Å². The molecule has 0 unspecified atom stereocenters. The highest BCUT2D eigenvalue weighted by atomic mass is 35.5. The van der Waals surface area contributed by atoms with Crippen LogP contribution in [0, 0.1) is 6.92 Å². The van der Waals surface area contributed by atoms with E-state index in [1.54, 1.807) is 11.1 Å². The van der Waals surface area contributed by atoms with E-state index in [0.29, 0.717) is 34.5 Å². The summed E-state index contributed by atoms with van der Waals surface area (Å²) in [5, 5.41) is 0.584. The van der Waals surface area contributed by atoms with Crippen LogP contribution in [0.15, 0.2) is 24.4 Å². The van der Waals surface area contributed by atoms with Gasteiger partial charge in [-0.1, -0.05) is 17.7 Å². The number of fused-ring (bicyclic) bond motifs is 1. The Morgan fingerprint density at radius 2 is 1.93 bits per heavy atom. The van der Waals surface area contributed by atoms with Crippen LogP contribution < -0.4 is 14.4 Å². The number of aromatic nitrogens is 4. The largest absolute Gasteiger partial charge is 0.480 e. The molecule has 9 heteroatoms. The number of rotatable bonds is 5. The summed E-state index contributed by atoms with van der Waals surface area (Å²) in [6, 6.07) is 5.78. The molecule has 30 heavy (non-hydrogen) atoms. The summed E-state index contributed by atoms with van der Waals surface area (Å²) in [7, 11) is 3.01. The van der Waals surface area contributed by atoms with Crippen molar-refractivity contribution in [1.29, 1.82) is 0 Å². The monoisotopic (exact) mass is 427 g/mol. The van der Waals surface area contributed by atoms with Crippen molar-refractivity contribution in [1.82, 2.24) is 19.5 Å². The number of anilines is 1. The average Bonchev–Trinajstić information content (AvgIpc) is 3.26. The van der Waals surface area contributed by atoms with Crippen molar-refractivity contribution in [2.24, 2.45) is 0 Å². The Morgan fingerprint density at radius 1 is 1.17 bits per heavy atom. The third kappa shape index (κ3) is 3.17. The Labute approximate surface area is 179 Å².